The van der Waals surface area contributed by atoms with Crippen LogP contribution in [0.4, 0.5) is 0 Å². The zero-order valence-corrected chi connectivity index (χ0v) is 21.9. The molecule has 0 saturated heterocycles. The Kier molecular flexibility index (Phi) is 15.7. The van der Waals surface area contributed by atoms with E-state index in [0.717, 1.165) is 28.1 Å². The zero-order valence-electron chi connectivity index (χ0n) is 21.9. The molecule has 0 heterocycles. The molecule has 0 aliphatic rings. The van der Waals surface area contributed by atoms with Crippen LogP contribution in [0.2, 0.25) is 0 Å². The number of allylic oxidation sites excluding steroid dienone is 6. The van der Waals surface area contributed by atoms with Crippen molar-refractivity contribution in [2.75, 3.05) is 0 Å². The number of benzene rings is 2. The van der Waals surface area contributed by atoms with Crippen molar-refractivity contribution in [2.24, 2.45) is 4.99 Å². The van der Waals surface area contributed by atoms with Gasteiger partial charge >= 0.3 is 0 Å². The topological polar surface area (TPSA) is 12.4 Å². The van der Waals surface area contributed by atoms with Gasteiger partial charge in [-0.05, 0) is 76.3 Å². The highest BCUT2D eigenvalue weighted by atomic mass is 14.8. The molecule has 0 unspecified atom stereocenters. The minimum absolute atomic E-state index is 0.963. The van der Waals surface area contributed by atoms with Gasteiger partial charge in [-0.25, -0.2) is 0 Å². The van der Waals surface area contributed by atoms with Crippen LogP contribution < -0.4 is 0 Å². The van der Waals surface area contributed by atoms with Crippen molar-refractivity contribution in [3.63, 3.8) is 0 Å². The summed E-state index contributed by atoms with van der Waals surface area (Å²) < 4.78 is 0. The summed E-state index contributed by atoms with van der Waals surface area (Å²) in [5.41, 5.74) is 9.38. The van der Waals surface area contributed by atoms with Crippen molar-refractivity contribution < 1.29 is 0 Å². The summed E-state index contributed by atoms with van der Waals surface area (Å²) in [4.78, 5) is 4.79. The van der Waals surface area contributed by atoms with E-state index < -0.39 is 0 Å². The third-order valence-electron chi connectivity index (χ3n) is 4.99. The molecule has 33 heavy (non-hydrogen) atoms. The first-order valence-corrected chi connectivity index (χ1v) is 11.6. The molecule has 0 spiro atoms. The van der Waals surface area contributed by atoms with Gasteiger partial charge in [-0.2, -0.15) is 0 Å². The van der Waals surface area contributed by atoms with Crippen LogP contribution in [0.5, 0.6) is 0 Å². The maximum Gasteiger partial charge on any atom is 0.0734 e. The van der Waals surface area contributed by atoms with Crippen molar-refractivity contribution in [2.45, 2.75) is 61.3 Å². The second-order valence-corrected chi connectivity index (χ2v) is 7.94. The molecule has 1 heteroatoms. The predicted molar refractivity (Wildman–Crippen MR) is 152 cm³/mol. The van der Waals surface area contributed by atoms with E-state index in [1.807, 2.05) is 39.0 Å². The Morgan fingerprint density at radius 2 is 1.61 bits per heavy atom. The lowest BCUT2D eigenvalue weighted by Gasteiger charge is -2.09. The number of nitrogens with zero attached hydrogens (tertiary/aromatic N) is 1. The van der Waals surface area contributed by atoms with Crippen molar-refractivity contribution in [1.82, 2.24) is 0 Å². The van der Waals surface area contributed by atoms with Crippen LogP contribution >= 0.6 is 0 Å². The molecule has 0 aliphatic heterocycles. The molecular formula is C32H43N. The van der Waals surface area contributed by atoms with Crippen molar-refractivity contribution in [3.05, 3.63) is 126 Å². The smallest absolute Gasteiger partial charge is 0.0734 e. The van der Waals surface area contributed by atoms with Crippen LogP contribution in [0.3, 0.4) is 0 Å². The molecule has 0 amide bonds. The molecule has 176 valence electrons. The van der Waals surface area contributed by atoms with E-state index in [0.29, 0.717) is 0 Å². The van der Waals surface area contributed by atoms with Gasteiger partial charge in [0.15, 0.2) is 0 Å². The summed E-state index contributed by atoms with van der Waals surface area (Å²) in [5.74, 6) is 0. The molecule has 1 nitrogen and oxygen atoms in total. The molecule has 0 fully saturated rings. The average molecular weight is 442 g/mol. The quantitative estimate of drug-likeness (QED) is 0.230. The average Bonchev–Trinajstić information content (AvgIpc) is 2.80. The number of rotatable bonds is 7. The molecule has 0 atom stereocenters. The van der Waals surface area contributed by atoms with Crippen molar-refractivity contribution in [1.29, 1.82) is 0 Å². The van der Waals surface area contributed by atoms with Gasteiger partial charge < -0.3 is 0 Å². The zero-order chi connectivity index (χ0) is 25.2. The molecule has 0 radical (unpaired) electrons. The lowest BCUT2D eigenvalue weighted by atomic mass is 10.0. The van der Waals surface area contributed by atoms with Gasteiger partial charge in [0.25, 0.3) is 0 Å². The largest absolute Gasteiger partial charge is 0.253 e. The molecule has 2 rings (SSSR count). The Labute approximate surface area is 203 Å². The first-order valence-electron chi connectivity index (χ1n) is 11.6. The van der Waals surface area contributed by atoms with E-state index in [-0.39, 0.29) is 0 Å². The minimum Gasteiger partial charge on any atom is -0.253 e. The lowest BCUT2D eigenvalue weighted by Crippen LogP contribution is -1.95. The van der Waals surface area contributed by atoms with E-state index in [9.17, 15) is 0 Å². The van der Waals surface area contributed by atoms with Gasteiger partial charge in [-0.1, -0.05) is 92.3 Å². The maximum atomic E-state index is 4.79. The fourth-order valence-electron chi connectivity index (χ4n) is 2.99. The standard InChI is InChI=1S/C20H25N.C10H14.C2H4/c1-7-8-9-12-17(5)20(21-18(6)15(2)3)19-13-10-11-16(4)14-19;1-3-6-10-8-5-4-7-9(10)2;1-2/h7-14H,2H2,1,3-6H3;4-5,7-8H,3,6H2,1-2H3;1-2H2/b8-7-,12-9-,20-17+,21-18?;;. The summed E-state index contributed by atoms with van der Waals surface area (Å²) in [6.45, 7) is 24.5. The van der Waals surface area contributed by atoms with Gasteiger partial charge in [0, 0.05) is 11.3 Å². The summed E-state index contributed by atoms with van der Waals surface area (Å²) in [7, 11) is 0. The summed E-state index contributed by atoms with van der Waals surface area (Å²) in [6, 6.07) is 17.0. The molecule has 0 N–H and O–H groups in total. The molecular weight excluding hydrogens is 398 g/mol. The second-order valence-electron chi connectivity index (χ2n) is 7.94. The van der Waals surface area contributed by atoms with Crippen LogP contribution in [0.25, 0.3) is 5.70 Å². The lowest BCUT2D eigenvalue weighted by molar-refractivity contribution is 0.913. The van der Waals surface area contributed by atoms with E-state index in [1.54, 1.807) is 0 Å². The van der Waals surface area contributed by atoms with Crippen molar-refractivity contribution in [3.8, 4) is 0 Å². The highest BCUT2D eigenvalue weighted by Gasteiger charge is 2.05. The normalized spacial score (nSPS) is 11.9. The molecule has 2 aromatic carbocycles. The molecule has 2 aromatic rings. The van der Waals surface area contributed by atoms with Gasteiger partial charge in [-0.15, -0.1) is 13.2 Å². The fraction of sp³-hybridized carbons (Fsp3) is 0.281. The van der Waals surface area contributed by atoms with Crippen molar-refractivity contribution >= 4 is 11.4 Å². The summed E-state index contributed by atoms with van der Waals surface area (Å²) >= 11 is 0. The molecule has 0 aliphatic carbocycles. The maximum absolute atomic E-state index is 4.79. The van der Waals surface area contributed by atoms with Crippen LogP contribution in [0.15, 0.2) is 109 Å². The Hall–Kier alpha value is -3.19. The number of aryl methyl sites for hydroxylation is 3. The highest BCUT2D eigenvalue weighted by Crippen LogP contribution is 2.23. The molecule has 0 aromatic heterocycles. The number of hydrogen-bond donors (Lipinski definition) is 0. The predicted octanol–water partition coefficient (Wildman–Crippen LogP) is 9.65. The first kappa shape index (κ1) is 29.8. The van der Waals surface area contributed by atoms with Gasteiger partial charge in [0.05, 0.1) is 5.70 Å². The van der Waals surface area contributed by atoms with E-state index >= 15 is 0 Å². The second kappa shape index (κ2) is 17.4. The van der Waals surface area contributed by atoms with E-state index in [2.05, 4.69) is 102 Å². The minimum atomic E-state index is 0.963. The SMILES string of the molecule is C=C.C=C(C)C(C)=N/C(=C(C)/C=C\C=C/C)c1cccc(C)c1.CCCc1ccccc1C. The van der Waals surface area contributed by atoms with Gasteiger partial charge in [0.1, 0.15) is 0 Å². The number of hydrogen-bond acceptors (Lipinski definition) is 1. The Balaban J connectivity index is 0.000000709. The van der Waals surface area contributed by atoms with E-state index in [4.69, 9.17) is 4.99 Å². The highest BCUT2D eigenvalue weighted by molar-refractivity contribution is 6.00. The van der Waals surface area contributed by atoms with Crippen LogP contribution in [-0.2, 0) is 6.42 Å². The Morgan fingerprint density at radius 1 is 0.939 bits per heavy atom. The summed E-state index contributed by atoms with van der Waals surface area (Å²) in [6.07, 6.45) is 10.6. The van der Waals surface area contributed by atoms with Gasteiger partial charge in [0.2, 0.25) is 0 Å². The Bertz CT molecular complexity index is 983. The summed E-state index contributed by atoms with van der Waals surface area (Å²) in [5, 5.41) is 0. The monoisotopic (exact) mass is 441 g/mol. The van der Waals surface area contributed by atoms with Gasteiger partial charge in [-0.3, -0.25) is 4.99 Å². The third-order valence-corrected chi connectivity index (χ3v) is 4.99. The first-order chi connectivity index (χ1) is 15.8. The third kappa shape index (κ3) is 11.8. The molecule has 0 bridgehead atoms. The molecule has 0 saturated carbocycles. The Morgan fingerprint density at radius 3 is 2.15 bits per heavy atom. The van der Waals surface area contributed by atoms with E-state index in [1.165, 1.54) is 29.5 Å². The van der Waals surface area contributed by atoms with Crippen LogP contribution in [0, 0.1) is 13.8 Å². The van der Waals surface area contributed by atoms with Crippen LogP contribution in [-0.4, -0.2) is 5.71 Å². The van der Waals surface area contributed by atoms with Crippen LogP contribution in [0.1, 0.15) is 63.3 Å². The fourth-order valence-corrected chi connectivity index (χ4v) is 2.99. The number of aliphatic imine (C=N–C) groups is 1.